The maximum Gasteiger partial charge on any atom is 0.242 e. The molecule has 0 aliphatic heterocycles. The molecule has 1 aromatic rings. The van der Waals surface area contributed by atoms with Crippen molar-refractivity contribution < 1.29 is 8.42 Å². The lowest BCUT2D eigenvalue weighted by Gasteiger charge is -2.36. The molecule has 0 bridgehead atoms. The van der Waals surface area contributed by atoms with Crippen molar-refractivity contribution in [1.29, 1.82) is 0 Å². The van der Waals surface area contributed by atoms with Crippen molar-refractivity contribution in [1.82, 2.24) is 9.71 Å². The molecule has 0 saturated heterocycles. The first-order valence-electron chi connectivity index (χ1n) is 6.22. The van der Waals surface area contributed by atoms with Crippen LogP contribution in [0.4, 0.5) is 0 Å². The van der Waals surface area contributed by atoms with E-state index in [1.807, 2.05) is 0 Å². The lowest BCUT2D eigenvalue weighted by atomic mass is 9.83. The van der Waals surface area contributed by atoms with Gasteiger partial charge in [0.15, 0.2) is 0 Å². The molecule has 18 heavy (non-hydrogen) atoms. The molecule has 0 spiro atoms. The van der Waals surface area contributed by atoms with E-state index in [0.717, 1.165) is 32.1 Å². The van der Waals surface area contributed by atoms with Gasteiger partial charge in [-0.15, -0.1) is 0 Å². The monoisotopic (exact) mass is 269 g/mol. The van der Waals surface area contributed by atoms with E-state index in [1.54, 1.807) is 18.3 Å². The Morgan fingerprint density at radius 1 is 1.33 bits per heavy atom. The van der Waals surface area contributed by atoms with E-state index in [1.165, 1.54) is 6.20 Å². The van der Waals surface area contributed by atoms with Crippen LogP contribution in [-0.4, -0.2) is 25.5 Å². The first-order chi connectivity index (χ1) is 8.58. The Labute approximate surface area is 108 Å². The summed E-state index contributed by atoms with van der Waals surface area (Å²) in [6, 6.07) is 3.16. The predicted octanol–water partition coefficient (Wildman–Crippen LogP) is 1.02. The lowest BCUT2D eigenvalue weighted by molar-refractivity contribution is 0.276. The van der Waals surface area contributed by atoms with Crippen molar-refractivity contribution in [2.75, 3.05) is 6.54 Å². The fourth-order valence-electron chi connectivity index (χ4n) is 2.43. The topological polar surface area (TPSA) is 85.1 Å². The van der Waals surface area contributed by atoms with E-state index in [0.29, 0.717) is 6.54 Å². The van der Waals surface area contributed by atoms with Gasteiger partial charge in [-0.3, -0.25) is 4.98 Å². The minimum Gasteiger partial charge on any atom is -0.329 e. The van der Waals surface area contributed by atoms with E-state index in [-0.39, 0.29) is 4.90 Å². The average molecular weight is 269 g/mol. The van der Waals surface area contributed by atoms with Gasteiger partial charge >= 0.3 is 0 Å². The Kier molecular flexibility index (Phi) is 3.99. The molecule has 0 radical (unpaired) electrons. The largest absolute Gasteiger partial charge is 0.329 e. The summed E-state index contributed by atoms with van der Waals surface area (Å²) in [6.07, 6.45) is 7.72. The third kappa shape index (κ3) is 2.88. The highest BCUT2D eigenvalue weighted by Crippen LogP contribution is 2.28. The van der Waals surface area contributed by atoms with Crippen molar-refractivity contribution in [3.05, 3.63) is 24.5 Å². The predicted molar refractivity (Wildman–Crippen MR) is 69.4 cm³/mol. The van der Waals surface area contributed by atoms with Gasteiger partial charge in [-0.1, -0.05) is 19.3 Å². The van der Waals surface area contributed by atoms with Crippen LogP contribution in [0.15, 0.2) is 29.4 Å². The van der Waals surface area contributed by atoms with E-state index >= 15 is 0 Å². The first kappa shape index (κ1) is 13.5. The van der Waals surface area contributed by atoms with Crippen LogP contribution in [0.3, 0.4) is 0 Å². The molecule has 0 amide bonds. The summed E-state index contributed by atoms with van der Waals surface area (Å²) in [4.78, 5) is 4.04. The summed E-state index contributed by atoms with van der Waals surface area (Å²) < 4.78 is 27.3. The molecule has 5 nitrogen and oxygen atoms in total. The zero-order valence-electron chi connectivity index (χ0n) is 10.3. The Morgan fingerprint density at radius 2 is 2.06 bits per heavy atom. The first-order valence-corrected chi connectivity index (χ1v) is 7.70. The molecule has 1 aliphatic carbocycles. The molecular formula is C12H19N3O2S. The zero-order chi connectivity index (χ0) is 13.1. The van der Waals surface area contributed by atoms with Crippen molar-refractivity contribution in [2.45, 2.75) is 42.5 Å². The van der Waals surface area contributed by atoms with Gasteiger partial charge in [-0.25, -0.2) is 13.1 Å². The van der Waals surface area contributed by atoms with E-state index in [9.17, 15) is 8.42 Å². The molecule has 1 aromatic heterocycles. The quantitative estimate of drug-likeness (QED) is 0.854. The molecule has 0 aromatic carbocycles. The highest BCUT2D eigenvalue weighted by Gasteiger charge is 2.35. The number of pyridine rings is 1. The van der Waals surface area contributed by atoms with Crippen molar-refractivity contribution in [3.8, 4) is 0 Å². The summed E-state index contributed by atoms with van der Waals surface area (Å²) in [7, 11) is -3.52. The lowest BCUT2D eigenvalue weighted by Crippen LogP contribution is -2.54. The highest BCUT2D eigenvalue weighted by molar-refractivity contribution is 7.89. The Morgan fingerprint density at radius 3 is 2.61 bits per heavy atom. The third-order valence-electron chi connectivity index (χ3n) is 3.50. The number of nitrogens with one attached hydrogen (secondary N) is 1. The Hall–Kier alpha value is -0.980. The number of hydrogen-bond donors (Lipinski definition) is 2. The molecule has 1 saturated carbocycles. The second kappa shape index (κ2) is 5.34. The van der Waals surface area contributed by atoms with Crippen LogP contribution in [-0.2, 0) is 10.0 Å². The third-order valence-corrected chi connectivity index (χ3v) is 5.06. The maximum absolute atomic E-state index is 12.3. The van der Waals surface area contributed by atoms with Gasteiger partial charge in [0.2, 0.25) is 10.0 Å². The molecule has 0 atom stereocenters. The number of nitrogens with two attached hydrogens (primary N) is 1. The second-order valence-corrected chi connectivity index (χ2v) is 6.52. The van der Waals surface area contributed by atoms with Crippen molar-refractivity contribution in [3.63, 3.8) is 0 Å². The zero-order valence-corrected chi connectivity index (χ0v) is 11.1. The van der Waals surface area contributed by atoms with Gasteiger partial charge in [-0.2, -0.15) is 0 Å². The second-order valence-electron chi connectivity index (χ2n) is 4.84. The Balaban J connectivity index is 2.21. The van der Waals surface area contributed by atoms with E-state index in [4.69, 9.17) is 5.73 Å². The number of hydrogen-bond acceptors (Lipinski definition) is 4. The van der Waals surface area contributed by atoms with Crippen LogP contribution in [0.2, 0.25) is 0 Å². The maximum atomic E-state index is 12.3. The summed E-state index contributed by atoms with van der Waals surface area (Å²) in [5.74, 6) is 0. The summed E-state index contributed by atoms with van der Waals surface area (Å²) >= 11 is 0. The Bertz CT molecular complexity index is 481. The van der Waals surface area contributed by atoms with E-state index in [2.05, 4.69) is 9.71 Å². The fraction of sp³-hybridized carbons (Fsp3) is 0.583. The molecule has 3 N–H and O–H groups in total. The number of nitrogens with zero attached hydrogens (tertiary/aromatic N) is 1. The van der Waals surface area contributed by atoms with Gasteiger partial charge in [-0.05, 0) is 25.0 Å². The van der Waals surface area contributed by atoms with Crippen molar-refractivity contribution >= 4 is 10.0 Å². The molecule has 6 heteroatoms. The smallest absolute Gasteiger partial charge is 0.242 e. The van der Waals surface area contributed by atoms with Gasteiger partial charge < -0.3 is 5.73 Å². The average Bonchev–Trinajstić information content (AvgIpc) is 2.40. The number of rotatable bonds is 4. The molecule has 0 unspecified atom stereocenters. The summed E-state index contributed by atoms with van der Waals surface area (Å²) in [5.41, 5.74) is 5.30. The van der Waals surface area contributed by atoms with Crippen LogP contribution in [0, 0.1) is 0 Å². The standard InChI is InChI=1S/C12H19N3O2S/c13-10-12(6-2-1-3-7-12)15-18(16,17)11-5-4-8-14-9-11/h4-5,8-9,15H,1-3,6-7,10,13H2. The molecular weight excluding hydrogens is 250 g/mol. The van der Waals surface area contributed by atoms with Crippen molar-refractivity contribution in [2.24, 2.45) is 5.73 Å². The summed E-state index contributed by atoms with van der Waals surface area (Å²) in [6.45, 7) is 0.340. The normalized spacial score (nSPS) is 19.6. The fourth-order valence-corrected chi connectivity index (χ4v) is 3.86. The molecule has 1 fully saturated rings. The molecule has 1 aliphatic rings. The van der Waals surface area contributed by atoms with Gasteiger partial charge in [0.1, 0.15) is 4.90 Å². The molecule has 2 rings (SSSR count). The summed E-state index contributed by atoms with van der Waals surface area (Å²) in [5, 5.41) is 0. The van der Waals surface area contributed by atoms with Crippen LogP contribution in [0.25, 0.3) is 0 Å². The highest BCUT2D eigenvalue weighted by atomic mass is 32.2. The van der Waals surface area contributed by atoms with Crippen LogP contribution >= 0.6 is 0 Å². The molecule has 100 valence electrons. The minimum atomic E-state index is -3.52. The van der Waals surface area contributed by atoms with Gasteiger partial charge in [0.25, 0.3) is 0 Å². The van der Waals surface area contributed by atoms with Crippen LogP contribution in [0.5, 0.6) is 0 Å². The van der Waals surface area contributed by atoms with Gasteiger partial charge in [0.05, 0.1) is 0 Å². The van der Waals surface area contributed by atoms with E-state index < -0.39 is 15.6 Å². The minimum absolute atomic E-state index is 0.198. The molecule has 1 heterocycles. The number of sulfonamides is 1. The van der Waals surface area contributed by atoms with Crippen LogP contribution in [0.1, 0.15) is 32.1 Å². The van der Waals surface area contributed by atoms with Gasteiger partial charge in [0, 0.05) is 24.5 Å². The van der Waals surface area contributed by atoms with Crippen LogP contribution < -0.4 is 10.5 Å². The SMILES string of the molecule is NCC1(NS(=O)(=O)c2cccnc2)CCCCC1. The number of aromatic nitrogens is 1.